The summed E-state index contributed by atoms with van der Waals surface area (Å²) < 4.78 is 30.2. The summed E-state index contributed by atoms with van der Waals surface area (Å²) in [5.41, 5.74) is 0. The molecule has 2 unspecified atom stereocenters. The highest BCUT2D eigenvalue weighted by Crippen LogP contribution is 2.43. The first-order valence-corrected chi connectivity index (χ1v) is 12.9. The van der Waals surface area contributed by atoms with Crippen LogP contribution in [-0.2, 0) is 23.7 Å². The summed E-state index contributed by atoms with van der Waals surface area (Å²) in [5, 5.41) is 20.4. The van der Waals surface area contributed by atoms with Gasteiger partial charge in [-0.15, -0.1) is 0 Å². The number of aliphatic hydroxyl groups is 1. The zero-order valence-electron chi connectivity index (χ0n) is 20.3. The second-order valence-electron chi connectivity index (χ2n) is 9.53. The van der Waals surface area contributed by atoms with Crippen molar-refractivity contribution in [1.29, 1.82) is 0 Å². The minimum Gasteiger partial charge on any atom is -0.493 e. The molecule has 1 aromatic rings. The molecule has 6 atom stereocenters. The third kappa shape index (κ3) is 7.67. The SMILES string of the molecule is O=C(O)C[C@H]1[C@H](/C(=C\CCOc2ccccc2)OC2CCCCO2)[C@H](OC2CCCCO2)C[C@@H]1O. The van der Waals surface area contributed by atoms with Crippen molar-refractivity contribution < 1.29 is 38.7 Å². The molecule has 2 N–H and O–H groups in total. The Morgan fingerprint density at radius 1 is 1.03 bits per heavy atom. The van der Waals surface area contributed by atoms with Gasteiger partial charge in [-0.1, -0.05) is 18.2 Å². The lowest BCUT2D eigenvalue weighted by atomic mass is 9.88. The van der Waals surface area contributed by atoms with Gasteiger partial charge in [0.1, 0.15) is 11.5 Å². The molecule has 2 heterocycles. The van der Waals surface area contributed by atoms with E-state index in [-0.39, 0.29) is 19.0 Å². The Bertz CT molecular complexity index is 801. The van der Waals surface area contributed by atoms with Crippen LogP contribution in [0.1, 0.15) is 57.8 Å². The maximum atomic E-state index is 11.7. The summed E-state index contributed by atoms with van der Waals surface area (Å²) in [4.78, 5) is 11.7. The molecule has 1 aromatic carbocycles. The van der Waals surface area contributed by atoms with Crippen molar-refractivity contribution in [3.8, 4) is 5.75 Å². The molecule has 2 aliphatic heterocycles. The van der Waals surface area contributed by atoms with Crippen LogP contribution in [0.25, 0.3) is 0 Å². The first-order chi connectivity index (χ1) is 17.1. The first kappa shape index (κ1) is 25.9. The fraction of sp³-hybridized carbons (Fsp3) is 0.667. The average molecular weight is 491 g/mol. The summed E-state index contributed by atoms with van der Waals surface area (Å²) in [6, 6.07) is 9.59. The Balaban J connectivity index is 1.52. The third-order valence-corrected chi connectivity index (χ3v) is 6.91. The van der Waals surface area contributed by atoms with Gasteiger partial charge in [-0.05, 0) is 50.3 Å². The van der Waals surface area contributed by atoms with Gasteiger partial charge in [-0.2, -0.15) is 0 Å². The number of carboxylic acids is 1. The molecule has 3 aliphatic rings. The van der Waals surface area contributed by atoms with E-state index in [4.69, 9.17) is 23.7 Å². The fourth-order valence-corrected chi connectivity index (χ4v) is 5.20. The van der Waals surface area contributed by atoms with Crippen molar-refractivity contribution in [3.05, 3.63) is 42.2 Å². The zero-order chi connectivity index (χ0) is 24.5. The maximum Gasteiger partial charge on any atom is 0.303 e. The molecule has 0 amide bonds. The lowest BCUT2D eigenvalue weighted by molar-refractivity contribution is -0.201. The lowest BCUT2D eigenvalue weighted by Gasteiger charge is -2.33. The van der Waals surface area contributed by atoms with Gasteiger partial charge < -0.3 is 33.9 Å². The third-order valence-electron chi connectivity index (χ3n) is 6.91. The fourth-order valence-electron chi connectivity index (χ4n) is 5.20. The number of para-hydroxylation sites is 1. The van der Waals surface area contributed by atoms with E-state index >= 15 is 0 Å². The largest absolute Gasteiger partial charge is 0.493 e. The van der Waals surface area contributed by atoms with Gasteiger partial charge in [0.25, 0.3) is 0 Å². The molecule has 1 saturated carbocycles. The Kier molecular flexibility index (Phi) is 9.83. The summed E-state index contributed by atoms with van der Waals surface area (Å²) >= 11 is 0. The number of hydrogen-bond acceptors (Lipinski definition) is 7. The van der Waals surface area contributed by atoms with Crippen LogP contribution < -0.4 is 4.74 Å². The molecule has 0 radical (unpaired) electrons. The van der Waals surface area contributed by atoms with E-state index < -0.39 is 30.0 Å². The molecular weight excluding hydrogens is 452 g/mol. The summed E-state index contributed by atoms with van der Waals surface area (Å²) in [5.74, 6) is -0.471. The average Bonchev–Trinajstić information content (AvgIpc) is 3.16. The van der Waals surface area contributed by atoms with Crippen LogP contribution in [0.2, 0.25) is 0 Å². The van der Waals surface area contributed by atoms with E-state index in [1.165, 1.54) is 0 Å². The van der Waals surface area contributed by atoms with Gasteiger partial charge in [-0.25, -0.2) is 0 Å². The summed E-state index contributed by atoms with van der Waals surface area (Å²) in [6.07, 6.45) is 6.36. The minimum absolute atomic E-state index is 0.163. The number of carboxylic acid groups (broad SMARTS) is 1. The van der Waals surface area contributed by atoms with Gasteiger partial charge >= 0.3 is 5.97 Å². The Labute approximate surface area is 207 Å². The van der Waals surface area contributed by atoms with Gasteiger partial charge in [-0.3, -0.25) is 4.79 Å². The normalized spacial score (nSPS) is 31.7. The van der Waals surface area contributed by atoms with Crippen molar-refractivity contribution in [3.63, 3.8) is 0 Å². The van der Waals surface area contributed by atoms with Crippen LogP contribution in [0.15, 0.2) is 42.2 Å². The van der Waals surface area contributed by atoms with Crippen molar-refractivity contribution in [2.45, 2.75) is 82.6 Å². The van der Waals surface area contributed by atoms with Crippen molar-refractivity contribution in [2.24, 2.45) is 11.8 Å². The van der Waals surface area contributed by atoms with Crippen molar-refractivity contribution in [2.75, 3.05) is 19.8 Å². The second kappa shape index (κ2) is 13.3. The molecule has 4 rings (SSSR count). The predicted molar refractivity (Wildman–Crippen MR) is 128 cm³/mol. The van der Waals surface area contributed by atoms with Crippen LogP contribution in [0.3, 0.4) is 0 Å². The standard InChI is InChI=1S/C27H38O8/c28-21-18-23(35-26-13-5-7-15-33-26)27(20(21)17-24(29)30)22(34-25-12-4-6-14-32-25)11-8-16-31-19-9-2-1-3-10-19/h1-3,9-11,20-21,23,25-28H,4-8,12-18H2,(H,29,30)/b22-11+/t20-,21+,23-,25?,26?,27-/m1/s1. The van der Waals surface area contributed by atoms with Crippen molar-refractivity contribution >= 4 is 5.97 Å². The number of carbonyl (C=O) groups is 1. The zero-order valence-corrected chi connectivity index (χ0v) is 20.3. The molecule has 2 saturated heterocycles. The van der Waals surface area contributed by atoms with Gasteiger partial charge in [0, 0.05) is 37.7 Å². The van der Waals surface area contributed by atoms with E-state index in [0.717, 1.165) is 44.3 Å². The summed E-state index contributed by atoms with van der Waals surface area (Å²) in [6.45, 7) is 1.73. The Morgan fingerprint density at radius 2 is 1.74 bits per heavy atom. The smallest absolute Gasteiger partial charge is 0.303 e. The van der Waals surface area contributed by atoms with Crippen LogP contribution >= 0.6 is 0 Å². The number of ether oxygens (including phenoxy) is 5. The molecule has 194 valence electrons. The Morgan fingerprint density at radius 3 is 2.40 bits per heavy atom. The van der Waals surface area contributed by atoms with Crippen LogP contribution in [0, 0.1) is 11.8 Å². The van der Waals surface area contributed by atoms with Crippen LogP contribution in [0.4, 0.5) is 0 Å². The molecule has 1 aliphatic carbocycles. The highest BCUT2D eigenvalue weighted by atomic mass is 16.7. The van der Waals surface area contributed by atoms with Gasteiger partial charge in [0.15, 0.2) is 12.6 Å². The minimum atomic E-state index is -0.950. The van der Waals surface area contributed by atoms with Crippen molar-refractivity contribution in [1.82, 2.24) is 0 Å². The topological polar surface area (TPSA) is 104 Å². The molecule has 35 heavy (non-hydrogen) atoms. The number of hydrogen-bond donors (Lipinski definition) is 2. The van der Waals surface area contributed by atoms with E-state index in [0.29, 0.717) is 38.4 Å². The molecular formula is C27H38O8. The lowest BCUT2D eigenvalue weighted by Crippen LogP contribution is -2.35. The molecule has 0 spiro atoms. The van der Waals surface area contributed by atoms with Gasteiger partial charge in [0.2, 0.25) is 0 Å². The molecule has 8 heteroatoms. The van der Waals surface area contributed by atoms with Crippen LogP contribution in [0.5, 0.6) is 5.75 Å². The van der Waals surface area contributed by atoms with E-state index in [1.807, 2.05) is 36.4 Å². The predicted octanol–water partition coefficient (Wildman–Crippen LogP) is 4.27. The van der Waals surface area contributed by atoms with E-state index in [9.17, 15) is 15.0 Å². The molecule has 0 bridgehead atoms. The second-order valence-corrected chi connectivity index (χ2v) is 9.53. The first-order valence-electron chi connectivity index (χ1n) is 12.9. The van der Waals surface area contributed by atoms with Gasteiger partial charge in [0.05, 0.1) is 31.8 Å². The van der Waals surface area contributed by atoms with Crippen LogP contribution in [-0.4, -0.2) is 60.8 Å². The maximum absolute atomic E-state index is 11.7. The number of benzene rings is 1. The number of rotatable bonds is 11. The quantitative estimate of drug-likeness (QED) is 0.350. The van der Waals surface area contributed by atoms with E-state index in [2.05, 4.69) is 0 Å². The highest BCUT2D eigenvalue weighted by molar-refractivity contribution is 5.67. The monoisotopic (exact) mass is 490 g/mol. The molecule has 3 fully saturated rings. The number of aliphatic carboxylic acids is 1. The Hall–Kier alpha value is -2.13. The summed E-state index contributed by atoms with van der Waals surface area (Å²) in [7, 11) is 0. The molecule has 8 nitrogen and oxygen atoms in total. The highest BCUT2D eigenvalue weighted by Gasteiger charge is 2.48. The number of aliphatic hydroxyl groups excluding tert-OH is 1. The van der Waals surface area contributed by atoms with E-state index in [1.54, 1.807) is 0 Å². The molecule has 0 aromatic heterocycles.